The molecule has 5 rings (SSSR count). The van der Waals surface area contributed by atoms with E-state index in [2.05, 4.69) is 4.90 Å². The molecule has 3 aromatic rings. The molecule has 3 heterocycles. The lowest BCUT2D eigenvalue weighted by molar-refractivity contribution is -0.135. The molecule has 0 unspecified atom stereocenters. The number of carbonyl (C=O) groups excluding carboxylic acids is 1. The molecule has 1 atom stereocenters. The lowest BCUT2D eigenvalue weighted by Gasteiger charge is -2.37. The zero-order chi connectivity index (χ0) is 27.4. The number of nitrogens with zero attached hydrogens (tertiary/aromatic N) is 3. The van der Waals surface area contributed by atoms with Gasteiger partial charge in [-0.3, -0.25) is 4.79 Å². The first-order valence-electron chi connectivity index (χ1n) is 13.3. The van der Waals surface area contributed by atoms with E-state index < -0.39 is 10.0 Å². The van der Waals surface area contributed by atoms with Crippen molar-refractivity contribution in [2.24, 2.45) is 0 Å². The molecular weight excluding hydrogens is 537 g/mol. The Hall–Kier alpha value is -2.79. The smallest absolute Gasteiger partial charge is 0.243 e. The van der Waals surface area contributed by atoms with Gasteiger partial charge in [0, 0.05) is 24.5 Å². The highest BCUT2D eigenvalue weighted by molar-refractivity contribution is 7.89. The summed E-state index contributed by atoms with van der Waals surface area (Å²) >= 11 is 1.65. The molecule has 10 heteroatoms. The quantitative estimate of drug-likeness (QED) is 0.359. The summed E-state index contributed by atoms with van der Waals surface area (Å²) in [6.07, 6.45) is 2.93. The molecule has 0 radical (unpaired) electrons. The fraction of sp³-hybridized carbons (Fsp3) is 0.414. The first-order valence-corrected chi connectivity index (χ1v) is 15.7. The molecule has 0 N–H and O–H groups in total. The molecule has 0 aliphatic carbocycles. The van der Waals surface area contributed by atoms with E-state index >= 15 is 0 Å². The van der Waals surface area contributed by atoms with Gasteiger partial charge in [0.25, 0.3) is 0 Å². The molecule has 7 nitrogen and oxygen atoms in total. The Kier molecular flexibility index (Phi) is 8.66. The van der Waals surface area contributed by atoms with Gasteiger partial charge in [0.05, 0.1) is 17.5 Å². The number of fused-ring (bicyclic) bond motifs is 1. The van der Waals surface area contributed by atoms with Crippen LogP contribution in [0.4, 0.5) is 4.39 Å². The summed E-state index contributed by atoms with van der Waals surface area (Å²) in [5.41, 5.74) is 1.99. The highest BCUT2D eigenvalue weighted by atomic mass is 32.2. The van der Waals surface area contributed by atoms with Gasteiger partial charge in [-0.05, 0) is 92.7 Å². The van der Waals surface area contributed by atoms with Crippen molar-refractivity contribution in [1.82, 2.24) is 14.1 Å². The molecule has 0 spiro atoms. The molecule has 0 bridgehead atoms. The highest BCUT2D eigenvalue weighted by Gasteiger charge is 2.35. The minimum atomic E-state index is -3.88. The monoisotopic (exact) mass is 571 g/mol. The number of halogens is 1. The molecule has 1 saturated heterocycles. The van der Waals surface area contributed by atoms with Gasteiger partial charge in [-0.15, -0.1) is 11.3 Å². The number of ether oxygens (including phenoxy) is 1. The number of aryl methyl sites for hydroxylation is 1. The Morgan fingerprint density at radius 3 is 2.49 bits per heavy atom. The third-order valence-electron chi connectivity index (χ3n) is 7.47. The molecule has 208 valence electrons. The summed E-state index contributed by atoms with van der Waals surface area (Å²) < 4.78 is 48.1. The molecule has 2 aliphatic heterocycles. The Bertz CT molecular complexity index is 1370. The van der Waals surface area contributed by atoms with Gasteiger partial charge in [-0.2, -0.15) is 4.31 Å². The van der Waals surface area contributed by atoms with Crippen LogP contribution in [-0.4, -0.2) is 74.3 Å². The number of carbonyl (C=O) groups is 1. The molecular formula is C29H34FN3O4S2. The van der Waals surface area contributed by atoms with Gasteiger partial charge >= 0.3 is 0 Å². The van der Waals surface area contributed by atoms with E-state index in [9.17, 15) is 17.6 Å². The predicted molar refractivity (Wildman–Crippen MR) is 150 cm³/mol. The van der Waals surface area contributed by atoms with Gasteiger partial charge in [-0.25, -0.2) is 12.8 Å². The minimum Gasteiger partial charge on any atom is -0.491 e. The Labute approximate surface area is 233 Å². The maximum atomic E-state index is 13.8. The second kappa shape index (κ2) is 12.2. The largest absolute Gasteiger partial charge is 0.491 e. The Balaban J connectivity index is 1.36. The third kappa shape index (κ3) is 6.51. The van der Waals surface area contributed by atoms with Crippen LogP contribution in [0.15, 0.2) is 64.9 Å². The number of thiophene rings is 1. The zero-order valence-corrected chi connectivity index (χ0v) is 23.7. The molecule has 1 fully saturated rings. The van der Waals surface area contributed by atoms with E-state index in [1.165, 1.54) is 21.3 Å². The minimum absolute atomic E-state index is 0.192. The fourth-order valence-corrected chi connectivity index (χ4v) is 7.53. The van der Waals surface area contributed by atoms with Crippen molar-refractivity contribution in [2.45, 2.75) is 37.1 Å². The molecule has 1 aromatic heterocycles. The predicted octanol–water partition coefficient (Wildman–Crippen LogP) is 4.49. The summed E-state index contributed by atoms with van der Waals surface area (Å²) in [7, 11) is -3.88. The summed E-state index contributed by atoms with van der Waals surface area (Å²) in [4.78, 5) is 19.2. The van der Waals surface area contributed by atoms with Gasteiger partial charge in [-0.1, -0.05) is 17.7 Å². The molecule has 2 aliphatic rings. The first-order chi connectivity index (χ1) is 18.8. The third-order valence-corrected chi connectivity index (χ3v) is 10.3. The van der Waals surface area contributed by atoms with Crippen molar-refractivity contribution >= 4 is 27.3 Å². The van der Waals surface area contributed by atoms with Crippen LogP contribution < -0.4 is 4.74 Å². The zero-order valence-electron chi connectivity index (χ0n) is 22.1. The number of hydrogen-bond donors (Lipinski definition) is 0. The van der Waals surface area contributed by atoms with Gasteiger partial charge in [0.15, 0.2) is 0 Å². The van der Waals surface area contributed by atoms with Crippen molar-refractivity contribution in [3.05, 3.63) is 81.8 Å². The normalized spacial score (nSPS) is 17.9. The van der Waals surface area contributed by atoms with Crippen LogP contribution in [0, 0.1) is 12.7 Å². The molecule has 0 saturated carbocycles. The first kappa shape index (κ1) is 27.8. The summed E-state index contributed by atoms with van der Waals surface area (Å²) in [6, 6.07) is 14.2. The van der Waals surface area contributed by atoms with Crippen molar-refractivity contribution in [3.8, 4) is 5.75 Å². The number of amides is 1. The number of benzene rings is 2. The van der Waals surface area contributed by atoms with E-state index in [1.54, 1.807) is 52.6 Å². The second-order valence-electron chi connectivity index (χ2n) is 10.1. The van der Waals surface area contributed by atoms with Crippen LogP contribution in [-0.2, 0) is 21.2 Å². The average Bonchev–Trinajstić information content (AvgIpc) is 3.63. The van der Waals surface area contributed by atoms with Crippen molar-refractivity contribution in [1.29, 1.82) is 0 Å². The summed E-state index contributed by atoms with van der Waals surface area (Å²) in [6.45, 7) is 5.07. The lowest BCUT2D eigenvalue weighted by atomic mass is 10.0. The highest BCUT2D eigenvalue weighted by Crippen LogP contribution is 2.34. The van der Waals surface area contributed by atoms with Crippen molar-refractivity contribution in [2.75, 3.05) is 45.9 Å². The molecule has 2 aromatic carbocycles. The lowest BCUT2D eigenvalue weighted by Crippen LogP contribution is -2.49. The van der Waals surface area contributed by atoms with E-state index in [1.807, 2.05) is 18.4 Å². The van der Waals surface area contributed by atoms with Gasteiger partial charge in [0.1, 0.15) is 18.2 Å². The Morgan fingerprint density at radius 2 is 1.77 bits per heavy atom. The Morgan fingerprint density at radius 1 is 1.05 bits per heavy atom. The van der Waals surface area contributed by atoms with E-state index in [-0.39, 0.29) is 42.4 Å². The molecule has 39 heavy (non-hydrogen) atoms. The van der Waals surface area contributed by atoms with Gasteiger partial charge in [0.2, 0.25) is 15.9 Å². The second-order valence-corrected chi connectivity index (χ2v) is 13.1. The number of likely N-dealkylation sites (tertiary alicyclic amines) is 1. The van der Waals surface area contributed by atoms with Crippen LogP contribution in [0.25, 0.3) is 0 Å². The standard InChI is InChI=1S/C29H34FN3O4S2/c1-22-4-10-25(11-5-22)39(35,36)32(18-17-31-14-2-3-15-31)20-29(34)33-16-12-28-26(13-19-38-28)27(33)21-37-24-8-6-23(30)7-9-24/h4-11,13,19,27H,2-3,12,14-18,20-21H2,1H3/t27-/m1/s1. The number of rotatable bonds is 10. The summed E-state index contributed by atoms with van der Waals surface area (Å²) in [5, 5.41) is 2.01. The van der Waals surface area contributed by atoms with E-state index in [4.69, 9.17) is 4.74 Å². The van der Waals surface area contributed by atoms with Crippen molar-refractivity contribution < 1.29 is 22.3 Å². The van der Waals surface area contributed by atoms with E-state index in [0.717, 1.165) is 37.1 Å². The van der Waals surface area contributed by atoms with Crippen LogP contribution >= 0.6 is 11.3 Å². The molecule has 1 amide bonds. The number of hydrogen-bond acceptors (Lipinski definition) is 6. The fourth-order valence-electron chi connectivity index (χ4n) is 5.22. The maximum Gasteiger partial charge on any atom is 0.243 e. The summed E-state index contributed by atoms with van der Waals surface area (Å²) in [5.74, 6) is -0.0854. The number of sulfonamides is 1. The average molecular weight is 572 g/mol. The van der Waals surface area contributed by atoms with Crippen LogP contribution in [0.2, 0.25) is 0 Å². The van der Waals surface area contributed by atoms with Crippen LogP contribution in [0.3, 0.4) is 0 Å². The SMILES string of the molecule is Cc1ccc(S(=O)(=O)N(CCN2CCCC2)CC(=O)N2CCc3sccc3[C@H]2COc2ccc(F)cc2)cc1. The van der Waals surface area contributed by atoms with Crippen molar-refractivity contribution in [3.63, 3.8) is 0 Å². The van der Waals surface area contributed by atoms with E-state index in [0.29, 0.717) is 25.3 Å². The maximum absolute atomic E-state index is 13.8. The topological polar surface area (TPSA) is 70.2 Å². The van der Waals surface area contributed by atoms with Gasteiger partial charge < -0.3 is 14.5 Å². The van der Waals surface area contributed by atoms with Crippen LogP contribution in [0.1, 0.15) is 34.9 Å². The van der Waals surface area contributed by atoms with Crippen LogP contribution in [0.5, 0.6) is 5.75 Å².